The molecule has 1 N–H and O–H groups in total. The number of carbonyl (C=O) groups is 2. The summed E-state index contributed by atoms with van der Waals surface area (Å²) >= 11 is 3.38. The number of hydrogen-bond acceptors (Lipinski definition) is 4. The fraction of sp³-hybridized carbons (Fsp3) is 0.556. The summed E-state index contributed by atoms with van der Waals surface area (Å²) in [5, 5.41) is 5.35. The zero-order valence-electron chi connectivity index (χ0n) is 21.0. The van der Waals surface area contributed by atoms with Crippen LogP contribution in [0.25, 0.3) is 10.2 Å². The molecule has 5 nitrogen and oxygen atoms in total. The lowest BCUT2D eigenvalue weighted by Crippen LogP contribution is -2.64. The van der Waals surface area contributed by atoms with E-state index in [1.165, 1.54) is 4.88 Å². The summed E-state index contributed by atoms with van der Waals surface area (Å²) in [6.07, 6.45) is 5.31. The van der Waals surface area contributed by atoms with Crippen LogP contribution in [0, 0.1) is 5.92 Å². The van der Waals surface area contributed by atoms with Crippen LogP contribution in [-0.4, -0.2) is 32.9 Å². The normalized spacial score (nSPS) is 24.5. The molecule has 0 bridgehead atoms. The molecule has 4 heterocycles. The van der Waals surface area contributed by atoms with Gasteiger partial charge in [0.15, 0.2) is 0 Å². The van der Waals surface area contributed by atoms with Crippen LogP contribution in [-0.2, 0) is 24.3 Å². The standard InChI is InChI=1S/C25H31N3O2S2.C2H6/c1-4-18-12-20-22(32-18)13-21-23(29)28(14-19-6-5-11-31-19)25(3,15-27(20)21)24(30)26-17-9-7-16(2)8-10-17;1-2/h5-6,11-13,16-17H,4,7-10,14-15H2,1-3H3,(H,26,30);1-2H3. The molecule has 1 aliphatic heterocycles. The minimum atomic E-state index is -0.933. The van der Waals surface area contributed by atoms with Crippen LogP contribution < -0.4 is 5.32 Å². The summed E-state index contributed by atoms with van der Waals surface area (Å²) in [6, 6.07) is 8.45. The number of rotatable bonds is 5. The second-order valence-electron chi connectivity index (χ2n) is 9.61. The monoisotopic (exact) mass is 499 g/mol. The minimum absolute atomic E-state index is 0.0274. The molecule has 184 valence electrons. The number of aryl methyl sites for hydroxylation is 1. The van der Waals surface area contributed by atoms with Gasteiger partial charge in [-0.05, 0) is 68.5 Å². The number of hydrogen-bond donors (Lipinski definition) is 1. The first-order chi connectivity index (χ1) is 16.4. The second-order valence-corrected chi connectivity index (χ2v) is 11.8. The molecule has 5 rings (SSSR count). The first-order valence-corrected chi connectivity index (χ1v) is 14.4. The number of fused-ring (bicyclic) bond motifs is 3. The number of nitrogens with one attached hydrogen (secondary N) is 1. The molecule has 1 unspecified atom stereocenters. The Morgan fingerprint density at radius 2 is 1.91 bits per heavy atom. The Balaban J connectivity index is 0.00000133. The molecular formula is C27H37N3O2S2. The van der Waals surface area contributed by atoms with E-state index in [0.29, 0.717) is 18.8 Å². The van der Waals surface area contributed by atoms with Crippen LogP contribution in [0.5, 0.6) is 0 Å². The van der Waals surface area contributed by atoms with Crippen molar-refractivity contribution >= 4 is 44.7 Å². The first-order valence-electron chi connectivity index (χ1n) is 12.7. The van der Waals surface area contributed by atoms with E-state index in [1.54, 1.807) is 27.6 Å². The lowest BCUT2D eigenvalue weighted by Gasteiger charge is -2.44. The van der Waals surface area contributed by atoms with Crippen LogP contribution in [0.4, 0.5) is 0 Å². The van der Waals surface area contributed by atoms with E-state index in [9.17, 15) is 9.59 Å². The number of amides is 2. The average Bonchev–Trinajstić information content (AvgIpc) is 3.57. The van der Waals surface area contributed by atoms with Crippen LogP contribution in [0.15, 0.2) is 29.6 Å². The van der Waals surface area contributed by atoms with Gasteiger partial charge in [0.2, 0.25) is 5.91 Å². The zero-order valence-corrected chi connectivity index (χ0v) is 22.7. The molecule has 0 spiro atoms. The Labute approximate surface area is 211 Å². The van der Waals surface area contributed by atoms with Crippen molar-refractivity contribution in [2.45, 2.75) is 91.4 Å². The van der Waals surface area contributed by atoms with E-state index in [4.69, 9.17) is 0 Å². The molecule has 0 aromatic carbocycles. The van der Waals surface area contributed by atoms with Gasteiger partial charge in [0.25, 0.3) is 5.91 Å². The molecule has 2 amide bonds. The van der Waals surface area contributed by atoms with Gasteiger partial charge >= 0.3 is 0 Å². The maximum atomic E-state index is 13.8. The SMILES string of the molecule is CC.CCc1cc2c(cc3n2CC(C)(C(=O)NC2CCC(C)CC2)N(Cc2cccs2)C3=O)s1. The van der Waals surface area contributed by atoms with Crippen molar-refractivity contribution in [1.82, 2.24) is 14.8 Å². The molecule has 34 heavy (non-hydrogen) atoms. The predicted octanol–water partition coefficient (Wildman–Crippen LogP) is 6.46. The lowest BCUT2D eigenvalue weighted by atomic mass is 9.86. The number of carbonyl (C=O) groups excluding carboxylic acids is 2. The summed E-state index contributed by atoms with van der Waals surface area (Å²) in [7, 11) is 0. The fourth-order valence-electron chi connectivity index (χ4n) is 5.11. The van der Waals surface area contributed by atoms with Gasteiger partial charge in [-0.2, -0.15) is 0 Å². The Bertz CT molecular complexity index is 1140. The third-order valence-corrected chi connectivity index (χ3v) is 9.33. The van der Waals surface area contributed by atoms with Crippen molar-refractivity contribution < 1.29 is 9.59 Å². The first kappa shape index (κ1) is 25.0. The lowest BCUT2D eigenvalue weighted by molar-refractivity contribution is -0.134. The van der Waals surface area contributed by atoms with Gasteiger partial charge in [-0.1, -0.05) is 33.8 Å². The van der Waals surface area contributed by atoms with E-state index < -0.39 is 5.54 Å². The molecule has 1 fully saturated rings. The Morgan fingerprint density at radius 3 is 2.56 bits per heavy atom. The van der Waals surface area contributed by atoms with E-state index in [2.05, 4.69) is 29.8 Å². The van der Waals surface area contributed by atoms with E-state index in [0.717, 1.165) is 53.1 Å². The van der Waals surface area contributed by atoms with Gasteiger partial charge in [0, 0.05) is 15.8 Å². The van der Waals surface area contributed by atoms with Crippen molar-refractivity contribution in [3.05, 3.63) is 45.1 Å². The summed E-state index contributed by atoms with van der Waals surface area (Å²) < 4.78 is 3.22. The van der Waals surface area contributed by atoms with E-state index in [-0.39, 0.29) is 17.9 Å². The maximum Gasteiger partial charge on any atom is 0.271 e. The van der Waals surface area contributed by atoms with Gasteiger partial charge in [0.05, 0.1) is 23.3 Å². The minimum Gasteiger partial charge on any atom is -0.351 e. The van der Waals surface area contributed by atoms with Crippen molar-refractivity contribution in [2.24, 2.45) is 5.92 Å². The number of aromatic nitrogens is 1. The van der Waals surface area contributed by atoms with Crippen LogP contribution >= 0.6 is 22.7 Å². The maximum absolute atomic E-state index is 13.8. The number of thiophene rings is 2. The van der Waals surface area contributed by atoms with Crippen molar-refractivity contribution in [3.63, 3.8) is 0 Å². The van der Waals surface area contributed by atoms with Crippen LogP contribution in [0.1, 0.15) is 80.5 Å². The van der Waals surface area contributed by atoms with Crippen molar-refractivity contribution in [3.8, 4) is 0 Å². The predicted molar refractivity (Wildman–Crippen MR) is 143 cm³/mol. The quantitative estimate of drug-likeness (QED) is 0.438. The van der Waals surface area contributed by atoms with E-state index >= 15 is 0 Å². The van der Waals surface area contributed by atoms with Crippen molar-refractivity contribution in [2.75, 3.05) is 0 Å². The van der Waals surface area contributed by atoms with Gasteiger partial charge in [0.1, 0.15) is 11.2 Å². The molecule has 0 radical (unpaired) electrons. The van der Waals surface area contributed by atoms with Gasteiger partial charge in [-0.25, -0.2) is 0 Å². The highest BCUT2D eigenvalue weighted by atomic mass is 32.1. The second kappa shape index (κ2) is 10.2. The molecular weight excluding hydrogens is 462 g/mol. The Kier molecular flexibility index (Phi) is 7.53. The average molecular weight is 500 g/mol. The van der Waals surface area contributed by atoms with Crippen LogP contribution in [0.3, 0.4) is 0 Å². The van der Waals surface area contributed by atoms with Crippen molar-refractivity contribution in [1.29, 1.82) is 0 Å². The fourth-order valence-corrected chi connectivity index (χ4v) is 6.85. The third kappa shape index (κ3) is 4.57. The molecule has 2 aliphatic rings. The van der Waals surface area contributed by atoms with Gasteiger partial charge in [-0.3, -0.25) is 9.59 Å². The summed E-state index contributed by atoms with van der Waals surface area (Å²) in [6.45, 7) is 11.3. The van der Waals surface area contributed by atoms with Gasteiger partial charge in [-0.15, -0.1) is 22.7 Å². The molecule has 7 heteroatoms. The zero-order chi connectivity index (χ0) is 24.5. The topological polar surface area (TPSA) is 54.3 Å². The molecule has 1 saturated carbocycles. The molecule has 0 saturated heterocycles. The Morgan fingerprint density at radius 1 is 1.18 bits per heavy atom. The highest BCUT2D eigenvalue weighted by molar-refractivity contribution is 7.19. The highest BCUT2D eigenvalue weighted by Gasteiger charge is 2.48. The third-order valence-electron chi connectivity index (χ3n) is 7.25. The summed E-state index contributed by atoms with van der Waals surface area (Å²) in [4.78, 5) is 31.7. The largest absolute Gasteiger partial charge is 0.351 e. The van der Waals surface area contributed by atoms with Crippen LogP contribution in [0.2, 0.25) is 0 Å². The molecule has 1 aliphatic carbocycles. The molecule has 3 aromatic heterocycles. The highest BCUT2D eigenvalue weighted by Crippen LogP contribution is 2.37. The summed E-state index contributed by atoms with van der Waals surface area (Å²) in [5.41, 5.74) is 0.843. The van der Waals surface area contributed by atoms with Gasteiger partial charge < -0.3 is 14.8 Å². The smallest absolute Gasteiger partial charge is 0.271 e. The summed E-state index contributed by atoms with van der Waals surface area (Å²) in [5.74, 6) is 0.647. The number of nitrogens with zero attached hydrogens (tertiary/aromatic N) is 2. The molecule has 3 aromatic rings. The van der Waals surface area contributed by atoms with E-state index in [1.807, 2.05) is 44.4 Å². The molecule has 1 atom stereocenters. The Hall–Kier alpha value is -2.12.